The van der Waals surface area contributed by atoms with E-state index < -0.39 is 0 Å². The second-order valence-electron chi connectivity index (χ2n) is 10.4. The van der Waals surface area contributed by atoms with Crippen LogP contribution in [0.2, 0.25) is 0 Å². The third-order valence-electron chi connectivity index (χ3n) is 8.27. The summed E-state index contributed by atoms with van der Waals surface area (Å²) < 4.78 is 5.52. The quantitative estimate of drug-likeness (QED) is 0.588. The first-order valence-corrected chi connectivity index (χ1v) is 12.5. The topological polar surface area (TPSA) is 51.7 Å². The van der Waals surface area contributed by atoms with E-state index in [-0.39, 0.29) is 18.1 Å². The minimum atomic E-state index is -0.0197. The van der Waals surface area contributed by atoms with E-state index in [2.05, 4.69) is 63.3 Å². The molecule has 2 aliphatic heterocycles. The molecule has 0 amide bonds. The maximum Gasteiger partial charge on any atom is 0.120 e. The number of hydrogen-bond acceptors (Lipinski definition) is 4. The smallest absolute Gasteiger partial charge is 0.120 e. The summed E-state index contributed by atoms with van der Waals surface area (Å²) in [6, 6.07) is 17.1. The molecule has 1 aliphatic carbocycles. The van der Waals surface area contributed by atoms with Crippen molar-refractivity contribution in [1.29, 1.82) is 0 Å². The molecule has 0 bridgehead atoms. The fraction of sp³-hybridized carbons (Fsp3) is 0.500. The van der Waals surface area contributed by atoms with Crippen molar-refractivity contribution in [3.05, 3.63) is 65.4 Å². The van der Waals surface area contributed by atoms with Crippen molar-refractivity contribution in [3.8, 4) is 5.75 Å². The zero-order valence-corrected chi connectivity index (χ0v) is 19.6. The molecule has 174 valence electrons. The van der Waals surface area contributed by atoms with Gasteiger partial charge in [0.05, 0.1) is 19.8 Å². The summed E-state index contributed by atoms with van der Waals surface area (Å²) in [5.41, 5.74) is 5.20. The van der Waals surface area contributed by atoms with E-state index in [1.54, 1.807) is 7.11 Å². The molecule has 1 atom stereocenters. The maximum atomic E-state index is 10.6. The summed E-state index contributed by atoms with van der Waals surface area (Å²) in [6.07, 6.45) is 5.18. The average Bonchev–Trinajstić information content (AvgIpc) is 3.58. The first kappa shape index (κ1) is 21.2. The van der Waals surface area contributed by atoms with Crippen LogP contribution in [0, 0.1) is 5.92 Å². The van der Waals surface area contributed by atoms with E-state index in [1.807, 2.05) is 0 Å². The van der Waals surface area contributed by atoms with Crippen LogP contribution in [0.25, 0.3) is 10.9 Å². The number of likely N-dealkylation sites (tertiary alicyclic amines) is 1. The summed E-state index contributed by atoms with van der Waals surface area (Å²) in [4.78, 5) is 8.95. The SMILES string of the molecule is COc1ccc2c3c([nH]c2c1)[C@@H](CO)N(Cc1ccccc1)CC31CCN(CC2CC2)CC1. The van der Waals surface area contributed by atoms with Crippen molar-refractivity contribution in [2.45, 2.75) is 43.7 Å². The van der Waals surface area contributed by atoms with Crippen LogP contribution in [0.1, 0.15) is 48.5 Å². The number of aromatic amines is 1. The van der Waals surface area contributed by atoms with Crippen molar-refractivity contribution < 1.29 is 9.84 Å². The molecule has 2 aromatic carbocycles. The number of hydrogen-bond donors (Lipinski definition) is 2. The molecule has 2 N–H and O–H groups in total. The number of fused-ring (bicyclic) bond motifs is 4. The van der Waals surface area contributed by atoms with E-state index in [1.165, 1.54) is 67.5 Å². The molecular formula is C28H35N3O2. The fourth-order valence-corrected chi connectivity index (χ4v) is 6.33. The standard InChI is InChI=1S/C28H35N3O2/c1-33-22-9-10-23-24(15-22)29-27-25(18-32)31(17-20-5-3-2-4-6-20)19-28(26(23)27)11-13-30(14-12-28)16-21-7-8-21/h2-6,9-10,15,21,25,29,32H,7-8,11-14,16-19H2,1H3/t25-/m1/s1. The van der Waals surface area contributed by atoms with Gasteiger partial charge in [-0.1, -0.05) is 30.3 Å². The summed E-state index contributed by atoms with van der Waals surface area (Å²) in [5.74, 6) is 1.81. The number of nitrogens with one attached hydrogen (secondary N) is 1. The molecule has 33 heavy (non-hydrogen) atoms. The van der Waals surface area contributed by atoms with Gasteiger partial charge in [0.1, 0.15) is 5.75 Å². The van der Waals surface area contributed by atoms with Gasteiger partial charge in [-0.05, 0) is 68.0 Å². The van der Waals surface area contributed by atoms with Crippen LogP contribution >= 0.6 is 0 Å². The Morgan fingerprint density at radius 2 is 1.88 bits per heavy atom. The van der Waals surface area contributed by atoms with E-state index in [4.69, 9.17) is 4.74 Å². The highest BCUT2D eigenvalue weighted by molar-refractivity contribution is 5.87. The van der Waals surface area contributed by atoms with Crippen LogP contribution in [0.15, 0.2) is 48.5 Å². The second-order valence-corrected chi connectivity index (χ2v) is 10.4. The van der Waals surface area contributed by atoms with Crippen molar-refractivity contribution in [2.24, 2.45) is 5.92 Å². The van der Waals surface area contributed by atoms with E-state index in [0.717, 1.165) is 30.3 Å². The molecule has 1 aromatic heterocycles. The Hall–Kier alpha value is -2.34. The van der Waals surface area contributed by atoms with Gasteiger partial charge in [0, 0.05) is 47.7 Å². The summed E-state index contributed by atoms with van der Waals surface area (Å²) in [7, 11) is 1.72. The van der Waals surface area contributed by atoms with Crippen LogP contribution in [0.4, 0.5) is 0 Å². The molecule has 0 unspecified atom stereocenters. The lowest BCUT2D eigenvalue weighted by atomic mass is 9.68. The number of ether oxygens (including phenoxy) is 1. The van der Waals surface area contributed by atoms with Crippen molar-refractivity contribution in [3.63, 3.8) is 0 Å². The molecule has 6 rings (SSSR count). The highest BCUT2D eigenvalue weighted by atomic mass is 16.5. The lowest BCUT2D eigenvalue weighted by molar-refractivity contribution is 0.0426. The summed E-state index contributed by atoms with van der Waals surface area (Å²) in [5, 5.41) is 11.9. The van der Waals surface area contributed by atoms with E-state index in [0.29, 0.717) is 0 Å². The van der Waals surface area contributed by atoms with Crippen LogP contribution in [-0.4, -0.2) is 59.8 Å². The lowest BCUT2D eigenvalue weighted by Crippen LogP contribution is -2.53. The molecule has 2 fully saturated rings. The number of benzene rings is 2. The first-order valence-electron chi connectivity index (χ1n) is 12.5. The first-order chi connectivity index (χ1) is 16.2. The van der Waals surface area contributed by atoms with Crippen LogP contribution in [-0.2, 0) is 12.0 Å². The Morgan fingerprint density at radius 3 is 2.58 bits per heavy atom. The van der Waals surface area contributed by atoms with Crippen LogP contribution < -0.4 is 4.74 Å². The Bertz CT molecular complexity index is 1110. The Labute approximate surface area is 196 Å². The Kier molecular flexibility index (Phi) is 5.44. The number of piperidine rings is 1. The lowest BCUT2D eigenvalue weighted by Gasteiger charge is -2.50. The molecule has 3 aliphatic rings. The number of nitrogens with zero attached hydrogens (tertiary/aromatic N) is 2. The van der Waals surface area contributed by atoms with Gasteiger partial charge < -0.3 is 19.7 Å². The zero-order valence-electron chi connectivity index (χ0n) is 19.6. The van der Waals surface area contributed by atoms with Gasteiger partial charge in [0.15, 0.2) is 0 Å². The third-order valence-corrected chi connectivity index (χ3v) is 8.27. The van der Waals surface area contributed by atoms with Gasteiger partial charge in [-0.2, -0.15) is 0 Å². The minimum absolute atomic E-state index is 0.0197. The normalized spacial score (nSPS) is 23.2. The number of aliphatic hydroxyl groups is 1. The number of aromatic nitrogens is 1. The van der Waals surface area contributed by atoms with Crippen LogP contribution in [0.3, 0.4) is 0 Å². The highest BCUT2D eigenvalue weighted by Gasteiger charge is 2.47. The molecule has 1 saturated heterocycles. The number of rotatable bonds is 6. The van der Waals surface area contributed by atoms with Crippen molar-refractivity contribution >= 4 is 10.9 Å². The van der Waals surface area contributed by atoms with Gasteiger partial charge in [0.25, 0.3) is 0 Å². The fourth-order valence-electron chi connectivity index (χ4n) is 6.33. The van der Waals surface area contributed by atoms with E-state index in [9.17, 15) is 5.11 Å². The van der Waals surface area contributed by atoms with Gasteiger partial charge in [0.2, 0.25) is 0 Å². The zero-order chi connectivity index (χ0) is 22.4. The summed E-state index contributed by atoms with van der Waals surface area (Å²) >= 11 is 0. The van der Waals surface area contributed by atoms with Gasteiger partial charge in [-0.15, -0.1) is 0 Å². The minimum Gasteiger partial charge on any atom is -0.497 e. The molecule has 0 radical (unpaired) electrons. The predicted octanol–water partition coefficient (Wildman–Crippen LogP) is 4.47. The molecule has 5 nitrogen and oxygen atoms in total. The Balaban J connectivity index is 1.41. The number of H-pyrrole nitrogens is 1. The highest BCUT2D eigenvalue weighted by Crippen LogP contribution is 2.49. The van der Waals surface area contributed by atoms with Gasteiger partial charge in [-0.3, -0.25) is 4.90 Å². The average molecular weight is 446 g/mol. The second kappa shape index (κ2) is 8.46. The maximum absolute atomic E-state index is 10.6. The number of aliphatic hydroxyl groups excluding tert-OH is 1. The third kappa shape index (κ3) is 3.86. The van der Waals surface area contributed by atoms with Crippen LogP contribution in [0.5, 0.6) is 5.75 Å². The van der Waals surface area contributed by atoms with E-state index >= 15 is 0 Å². The largest absolute Gasteiger partial charge is 0.497 e. The molecular weight excluding hydrogens is 410 g/mol. The Morgan fingerprint density at radius 1 is 1.09 bits per heavy atom. The van der Waals surface area contributed by atoms with Crippen molar-refractivity contribution in [1.82, 2.24) is 14.8 Å². The van der Waals surface area contributed by atoms with Gasteiger partial charge in [-0.25, -0.2) is 0 Å². The molecule has 5 heteroatoms. The molecule has 3 heterocycles. The molecule has 1 saturated carbocycles. The monoisotopic (exact) mass is 445 g/mol. The molecule has 3 aromatic rings. The predicted molar refractivity (Wildman–Crippen MR) is 132 cm³/mol. The van der Waals surface area contributed by atoms with Gasteiger partial charge >= 0.3 is 0 Å². The van der Waals surface area contributed by atoms with Crippen molar-refractivity contribution in [2.75, 3.05) is 39.9 Å². The number of methoxy groups -OCH3 is 1. The summed E-state index contributed by atoms with van der Waals surface area (Å²) in [6.45, 7) is 5.59. The molecule has 1 spiro atoms.